The van der Waals surface area contributed by atoms with Crippen molar-refractivity contribution in [1.82, 2.24) is 0 Å². The zero-order valence-corrected chi connectivity index (χ0v) is 14.8. The molecule has 2 N–H and O–H groups in total. The van der Waals surface area contributed by atoms with Gasteiger partial charge in [-0.15, -0.1) is 36.7 Å². The Bertz CT molecular complexity index is 676. The number of hydrogen-bond donors (Lipinski definition) is 2. The highest BCUT2D eigenvalue weighted by atomic mass is 32.2. The summed E-state index contributed by atoms with van der Waals surface area (Å²) in [5.74, 6) is -1.33. The summed E-state index contributed by atoms with van der Waals surface area (Å²) in [6, 6.07) is 4.35. The second-order valence-electron chi connectivity index (χ2n) is 4.79. The minimum absolute atomic E-state index is 0.0937. The Kier molecular flexibility index (Phi) is 6.98. The van der Waals surface area contributed by atoms with Crippen LogP contribution in [0.15, 0.2) is 34.1 Å². The number of anilines is 1. The summed E-state index contributed by atoms with van der Waals surface area (Å²) in [5, 5.41) is 17.9. The van der Waals surface area contributed by atoms with E-state index in [2.05, 4.69) is 4.74 Å². The summed E-state index contributed by atoms with van der Waals surface area (Å²) in [6.07, 6.45) is -4.84. The molecular weight excluding hydrogens is 395 g/mol. The van der Waals surface area contributed by atoms with Gasteiger partial charge in [0.05, 0.1) is 28.7 Å². The van der Waals surface area contributed by atoms with E-state index in [9.17, 15) is 22.8 Å². The Morgan fingerprint density at radius 1 is 0.923 bits per heavy atom. The molecule has 0 spiro atoms. The molecule has 0 fully saturated rings. The van der Waals surface area contributed by atoms with E-state index < -0.39 is 23.9 Å². The SMILES string of the molecule is O=C1C(SCCO)=C(SCCO)C(=O)N1c1ccc(OC(F)(F)F)cc1. The summed E-state index contributed by atoms with van der Waals surface area (Å²) >= 11 is 2.01. The zero-order valence-electron chi connectivity index (χ0n) is 13.2. The van der Waals surface area contributed by atoms with Crippen molar-refractivity contribution in [2.24, 2.45) is 0 Å². The van der Waals surface area contributed by atoms with Gasteiger partial charge >= 0.3 is 6.36 Å². The van der Waals surface area contributed by atoms with E-state index in [1.807, 2.05) is 0 Å². The van der Waals surface area contributed by atoms with Gasteiger partial charge in [0.1, 0.15) is 5.75 Å². The molecule has 2 rings (SSSR count). The van der Waals surface area contributed by atoms with E-state index in [0.717, 1.165) is 40.6 Å². The van der Waals surface area contributed by atoms with Crippen molar-refractivity contribution in [2.75, 3.05) is 29.6 Å². The number of ether oxygens (including phenoxy) is 1. The van der Waals surface area contributed by atoms with Crippen LogP contribution in [0.4, 0.5) is 18.9 Å². The van der Waals surface area contributed by atoms with E-state index in [4.69, 9.17) is 10.2 Å². The molecule has 0 saturated heterocycles. The number of imide groups is 1. The van der Waals surface area contributed by atoms with Crippen LogP contribution in [0.1, 0.15) is 0 Å². The first-order valence-electron chi connectivity index (χ1n) is 7.24. The molecule has 0 radical (unpaired) electrons. The average Bonchev–Trinajstić information content (AvgIpc) is 2.80. The lowest BCUT2D eigenvalue weighted by Crippen LogP contribution is -2.31. The first kappa shape index (κ1) is 20.6. The fourth-order valence-electron chi connectivity index (χ4n) is 2.07. The molecule has 0 aromatic heterocycles. The predicted molar refractivity (Wildman–Crippen MR) is 91.7 cm³/mol. The molecule has 1 aliphatic rings. The Labute approximate surface area is 155 Å². The highest BCUT2D eigenvalue weighted by Crippen LogP contribution is 2.39. The Balaban J connectivity index is 2.25. The fraction of sp³-hybridized carbons (Fsp3) is 0.333. The quantitative estimate of drug-likeness (QED) is 0.636. The van der Waals surface area contributed by atoms with Crippen LogP contribution in [0.2, 0.25) is 0 Å². The number of carbonyl (C=O) groups excluding carboxylic acids is 2. The number of aliphatic hydroxyl groups is 2. The van der Waals surface area contributed by atoms with Gasteiger partial charge in [-0.1, -0.05) is 0 Å². The summed E-state index contributed by atoms with van der Waals surface area (Å²) in [6.45, 7) is -0.395. The van der Waals surface area contributed by atoms with Crippen molar-refractivity contribution in [3.05, 3.63) is 34.1 Å². The number of amides is 2. The van der Waals surface area contributed by atoms with Crippen molar-refractivity contribution in [1.29, 1.82) is 0 Å². The molecule has 1 aromatic carbocycles. The van der Waals surface area contributed by atoms with Crippen LogP contribution in [-0.4, -0.2) is 53.1 Å². The summed E-state index contributed by atoms with van der Waals surface area (Å²) in [5.41, 5.74) is 0.0937. The minimum atomic E-state index is -4.84. The van der Waals surface area contributed by atoms with Crippen LogP contribution in [-0.2, 0) is 9.59 Å². The first-order valence-corrected chi connectivity index (χ1v) is 9.21. The topological polar surface area (TPSA) is 87.1 Å². The van der Waals surface area contributed by atoms with Crippen molar-refractivity contribution in [2.45, 2.75) is 6.36 Å². The van der Waals surface area contributed by atoms with Gasteiger partial charge in [0.2, 0.25) is 0 Å². The van der Waals surface area contributed by atoms with Crippen molar-refractivity contribution in [3.63, 3.8) is 0 Å². The second-order valence-corrected chi connectivity index (χ2v) is 7.00. The fourth-order valence-corrected chi connectivity index (χ4v) is 3.88. The first-order chi connectivity index (χ1) is 12.3. The van der Waals surface area contributed by atoms with Crippen molar-refractivity contribution >= 4 is 41.0 Å². The number of halogens is 3. The Morgan fingerprint density at radius 3 is 1.77 bits per heavy atom. The highest BCUT2D eigenvalue weighted by molar-refractivity contribution is 8.08. The van der Waals surface area contributed by atoms with Gasteiger partial charge in [-0.3, -0.25) is 9.59 Å². The maximum Gasteiger partial charge on any atom is 0.573 e. The third-order valence-electron chi connectivity index (χ3n) is 3.00. The monoisotopic (exact) mass is 409 g/mol. The molecule has 0 saturated carbocycles. The van der Waals surface area contributed by atoms with E-state index in [0.29, 0.717) is 0 Å². The number of aliphatic hydroxyl groups excluding tert-OH is 2. The predicted octanol–water partition coefficient (Wildman–Crippen LogP) is 2.12. The number of thioether (sulfide) groups is 2. The number of nitrogens with zero attached hydrogens (tertiary/aromatic N) is 1. The molecule has 142 valence electrons. The van der Waals surface area contributed by atoms with E-state index >= 15 is 0 Å². The largest absolute Gasteiger partial charge is 0.573 e. The second kappa shape index (κ2) is 8.80. The van der Waals surface area contributed by atoms with Crippen LogP contribution in [0.3, 0.4) is 0 Å². The molecule has 11 heteroatoms. The van der Waals surface area contributed by atoms with Gasteiger partial charge < -0.3 is 14.9 Å². The highest BCUT2D eigenvalue weighted by Gasteiger charge is 2.39. The number of benzene rings is 1. The molecule has 1 aliphatic heterocycles. The molecule has 2 amide bonds. The number of rotatable bonds is 8. The summed E-state index contributed by atoms with van der Waals surface area (Å²) in [7, 11) is 0. The standard InChI is InChI=1S/C15H14F3NO5S2/c16-15(17,18)24-10-3-1-9(2-4-10)19-13(22)11(25-7-5-20)12(14(19)23)26-8-6-21/h1-4,20-21H,5-8H2. The lowest BCUT2D eigenvalue weighted by Gasteiger charge is -2.16. The van der Waals surface area contributed by atoms with E-state index in [1.54, 1.807) is 0 Å². The molecule has 1 aromatic rings. The normalized spacial score (nSPS) is 15.2. The molecule has 0 atom stereocenters. The maximum absolute atomic E-state index is 12.6. The van der Waals surface area contributed by atoms with Crippen LogP contribution in [0.5, 0.6) is 5.75 Å². The lowest BCUT2D eigenvalue weighted by molar-refractivity contribution is -0.274. The molecule has 6 nitrogen and oxygen atoms in total. The lowest BCUT2D eigenvalue weighted by atomic mass is 10.3. The van der Waals surface area contributed by atoms with Gasteiger partial charge in [-0.05, 0) is 24.3 Å². The summed E-state index contributed by atoms with van der Waals surface area (Å²) < 4.78 is 40.4. The van der Waals surface area contributed by atoms with Gasteiger partial charge in [0.15, 0.2) is 0 Å². The van der Waals surface area contributed by atoms with Crippen molar-refractivity contribution in [3.8, 4) is 5.75 Å². The van der Waals surface area contributed by atoms with E-state index in [-0.39, 0.29) is 40.2 Å². The molecule has 0 unspecified atom stereocenters. The molecule has 1 heterocycles. The Hall–Kier alpha value is -1.69. The van der Waals surface area contributed by atoms with Gasteiger partial charge in [0, 0.05) is 11.5 Å². The van der Waals surface area contributed by atoms with Crippen LogP contribution >= 0.6 is 23.5 Å². The average molecular weight is 409 g/mol. The smallest absolute Gasteiger partial charge is 0.406 e. The molecule has 26 heavy (non-hydrogen) atoms. The molecule has 0 aliphatic carbocycles. The number of alkyl halides is 3. The van der Waals surface area contributed by atoms with Crippen LogP contribution in [0, 0.1) is 0 Å². The number of carbonyl (C=O) groups is 2. The van der Waals surface area contributed by atoms with Gasteiger partial charge in [-0.2, -0.15) is 0 Å². The van der Waals surface area contributed by atoms with E-state index in [1.165, 1.54) is 12.1 Å². The number of hydrogen-bond acceptors (Lipinski definition) is 7. The van der Waals surface area contributed by atoms with Gasteiger partial charge in [-0.25, -0.2) is 4.90 Å². The molecule has 0 bridgehead atoms. The van der Waals surface area contributed by atoms with Crippen LogP contribution < -0.4 is 9.64 Å². The minimum Gasteiger partial charge on any atom is -0.406 e. The third kappa shape index (κ3) is 4.93. The zero-order chi connectivity index (χ0) is 19.3. The molecular formula is C15H14F3NO5S2. The summed E-state index contributed by atoms with van der Waals surface area (Å²) in [4.78, 5) is 26.3. The maximum atomic E-state index is 12.6. The van der Waals surface area contributed by atoms with Crippen molar-refractivity contribution < 1.29 is 37.7 Å². The Morgan fingerprint density at radius 2 is 1.38 bits per heavy atom. The van der Waals surface area contributed by atoms with Gasteiger partial charge in [0.25, 0.3) is 11.8 Å². The van der Waals surface area contributed by atoms with Crippen LogP contribution in [0.25, 0.3) is 0 Å². The third-order valence-corrected chi connectivity index (χ3v) is 5.24.